The molecule has 1 heterocycles. The molecule has 0 saturated carbocycles. The van der Waals surface area contributed by atoms with E-state index in [9.17, 15) is 25.6 Å². The normalized spacial score (nSPS) is 11.3. The molecule has 0 fully saturated rings. The fraction of sp³-hybridized carbons (Fsp3) is 0.163. The van der Waals surface area contributed by atoms with Crippen LogP contribution in [0.1, 0.15) is 41.8 Å². The van der Waals surface area contributed by atoms with Gasteiger partial charge in [-0.15, -0.1) is 0 Å². The van der Waals surface area contributed by atoms with Crippen LogP contribution in [0.2, 0.25) is 0 Å². The third kappa shape index (κ3) is 13.6. The van der Waals surface area contributed by atoms with Crippen LogP contribution in [0.15, 0.2) is 168 Å². The van der Waals surface area contributed by atoms with E-state index in [1.807, 2.05) is 111 Å². The van der Waals surface area contributed by atoms with Crippen molar-refractivity contribution in [1.82, 2.24) is 9.71 Å². The highest BCUT2D eigenvalue weighted by Gasteiger charge is 2.19. The lowest BCUT2D eigenvalue weighted by molar-refractivity contribution is 0.289. The first-order chi connectivity index (χ1) is 30.8. The highest BCUT2D eigenvalue weighted by atomic mass is 35.7. The Balaban J connectivity index is 0.000000219. The fourth-order valence-corrected chi connectivity index (χ4v) is 7.84. The lowest BCUT2D eigenvalue weighted by atomic mass is 10.1. The van der Waals surface area contributed by atoms with Gasteiger partial charge in [-0.1, -0.05) is 92.7 Å². The molecule has 1 N–H and O–H groups in total. The van der Waals surface area contributed by atoms with Crippen molar-refractivity contribution in [2.75, 3.05) is 6.54 Å². The van der Waals surface area contributed by atoms with Crippen LogP contribution in [0.4, 0.5) is 8.78 Å². The number of aromatic nitrogens is 1. The number of benzene rings is 6. The number of nitrogens with zero attached hydrogens (tertiary/aromatic N) is 1. The van der Waals surface area contributed by atoms with Crippen molar-refractivity contribution in [2.24, 2.45) is 0 Å². The molecule has 0 aliphatic carbocycles. The van der Waals surface area contributed by atoms with Gasteiger partial charge in [-0.05, 0) is 108 Å². The topological polar surface area (TPSA) is 130 Å². The molecule has 15 heteroatoms. The molecule has 7 rings (SSSR count). The summed E-state index contributed by atoms with van der Waals surface area (Å²) >= 11 is 0. The first kappa shape index (κ1) is 47.2. The summed E-state index contributed by atoms with van der Waals surface area (Å²) in [7, 11) is -2.67. The molecule has 0 saturated heterocycles. The Labute approximate surface area is 376 Å². The monoisotopic (exact) mass is 926 g/mol. The van der Waals surface area contributed by atoms with E-state index in [-0.39, 0.29) is 27.8 Å². The lowest BCUT2D eigenvalue weighted by Gasteiger charge is -2.15. The maximum Gasteiger partial charge on any atom is 0.261 e. The van der Waals surface area contributed by atoms with Crippen molar-refractivity contribution >= 4 is 29.8 Å². The van der Waals surface area contributed by atoms with Gasteiger partial charge in [0.05, 0.1) is 9.79 Å². The van der Waals surface area contributed by atoms with Crippen LogP contribution < -0.4 is 23.7 Å². The van der Waals surface area contributed by atoms with Gasteiger partial charge < -0.3 is 18.9 Å². The SMILES string of the molecule is CCc1ccc(Oc2ccc(S(=O)(=O)Cl)cc2F)c(OCc2ccccc2)c1.CCc1ccc(Oc2ccc(S(=O)(=O)NCCc3ccccn3)cc2F)c(OCc2ccccc2)c1. The number of halogens is 3. The molecule has 0 atom stereocenters. The Morgan fingerprint density at radius 2 is 1.00 bits per heavy atom. The van der Waals surface area contributed by atoms with Crippen molar-refractivity contribution in [3.05, 3.63) is 197 Å². The van der Waals surface area contributed by atoms with Gasteiger partial charge in [0.15, 0.2) is 46.1 Å². The predicted octanol–water partition coefficient (Wildman–Crippen LogP) is 11.4. The van der Waals surface area contributed by atoms with E-state index in [0.717, 1.165) is 52.9 Å². The van der Waals surface area contributed by atoms with Gasteiger partial charge in [0.2, 0.25) is 10.0 Å². The molecule has 0 aliphatic heterocycles. The van der Waals surface area contributed by atoms with Crippen molar-refractivity contribution in [2.45, 2.75) is 56.1 Å². The number of rotatable bonds is 18. The van der Waals surface area contributed by atoms with Crippen LogP contribution in [0.5, 0.6) is 34.5 Å². The first-order valence-corrected chi connectivity index (χ1v) is 24.0. The average Bonchev–Trinajstić information content (AvgIpc) is 3.30. The van der Waals surface area contributed by atoms with Crippen LogP contribution in [0.3, 0.4) is 0 Å². The van der Waals surface area contributed by atoms with Gasteiger partial charge in [-0.25, -0.2) is 30.3 Å². The van der Waals surface area contributed by atoms with Crippen molar-refractivity contribution in [3.8, 4) is 34.5 Å². The van der Waals surface area contributed by atoms with E-state index in [1.54, 1.807) is 24.4 Å². The van der Waals surface area contributed by atoms with Crippen LogP contribution >= 0.6 is 10.7 Å². The summed E-state index contributed by atoms with van der Waals surface area (Å²) in [6, 6.07) is 42.4. The third-order valence-corrected chi connectivity index (χ3v) is 12.4. The van der Waals surface area contributed by atoms with E-state index in [2.05, 4.69) is 9.71 Å². The summed E-state index contributed by atoms with van der Waals surface area (Å²) < 4.78 is 103. The maximum atomic E-state index is 14.9. The molecule has 0 bridgehead atoms. The minimum absolute atomic E-state index is 0.101. The number of ether oxygens (including phenoxy) is 4. The summed E-state index contributed by atoms with van der Waals surface area (Å²) in [5.41, 5.74) is 4.82. The van der Waals surface area contributed by atoms with Crippen LogP contribution in [-0.2, 0) is 51.6 Å². The molecule has 0 unspecified atom stereocenters. The summed E-state index contributed by atoms with van der Waals surface area (Å²) in [6.07, 6.45) is 3.67. The Morgan fingerprint density at radius 1 is 0.531 bits per heavy atom. The second kappa shape index (κ2) is 22.3. The Morgan fingerprint density at radius 3 is 1.45 bits per heavy atom. The van der Waals surface area contributed by atoms with Crippen molar-refractivity contribution < 1.29 is 44.6 Å². The Bertz CT molecular complexity index is 2860. The summed E-state index contributed by atoms with van der Waals surface area (Å²) in [5.74, 6) is -0.248. The zero-order valence-electron chi connectivity index (χ0n) is 34.9. The maximum absolute atomic E-state index is 14.9. The molecule has 1 aromatic heterocycles. The van der Waals surface area contributed by atoms with E-state index >= 15 is 0 Å². The molecule has 64 heavy (non-hydrogen) atoms. The summed E-state index contributed by atoms with van der Waals surface area (Å²) in [4.78, 5) is 3.65. The molecule has 332 valence electrons. The highest BCUT2D eigenvalue weighted by molar-refractivity contribution is 8.13. The minimum Gasteiger partial charge on any atom is -0.485 e. The van der Waals surface area contributed by atoms with E-state index < -0.39 is 30.7 Å². The molecule has 0 aliphatic rings. The molecular formula is C49H45ClF2N2O8S2. The third-order valence-electron chi connectivity index (χ3n) is 9.54. The smallest absolute Gasteiger partial charge is 0.261 e. The van der Waals surface area contributed by atoms with Crippen LogP contribution in [-0.4, -0.2) is 28.4 Å². The number of hydrogen-bond donors (Lipinski definition) is 1. The van der Waals surface area contributed by atoms with Crippen molar-refractivity contribution in [3.63, 3.8) is 0 Å². The van der Waals surface area contributed by atoms with Crippen LogP contribution in [0.25, 0.3) is 0 Å². The molecular weight excluding hydrogens is 882 g/mol. The number of sulfonamides is 1. The highest BCUT2D eigenvalue weighted by Crippen LogP contribution is 2.37. The first-order valence-electron chi connectivity index (χ1n) is 20.2. The number of pyridine rings is 1. The standard InChI is InChI=1S/C28H27FN2O4S.C21H18ClFO4S/c1-2-21-11-13-27(28(18-21)34-20-22-8-4-3-5-9-22)35-26-14-12-24(19-25(26)29)36(32,33)31-17-15-23-10-6-7-16-30-23;1-2-15-8-10-20(21(12-15)26-14-16-6-4-3-5-7-16)27-19-11-9-17(13-18(19)23)28(22,24)25/h3-14,16,18-19,31H,2,15,17,20H2,1H3;3-13H,2,14H2,1H3. The quantitative estimate of drug-likeness (QED) is 0.0836. The van der Waals surface area contributed by atoms with Crippen molar-refractivity contribution in [1.29, 1.82) is 0 Å². The number of nitrogens with one attached hydrogen (secondary N) is 1. The van der Waals surface area contributed by atoms with Gasteiger partial charge in [0.1, 0.15) is 13.2 Å². The summed E-state index contributed by atoms with van der Waals surface area (Å²) in [6.45, 7) is 4.84. The second-order valence-corrected chi connectivity index (χ2v) is 18.4. The second-order valence-electron chi connectivity index (χ2n) is 14.1. The number of hydrogen-bond acceptors (Lipinski definition) is 9. The van der Waals surface area contributed by atoms with E-state index in [1.165, 1.54) is 24.3 Å². The molecule has 7 aromatic rings. The Hall–Kier alpha value is -6.32. The fourth-order valence-electron chi connectivity index (χ4n) is 6.04. The number of aryl methyl sites for hydroxylation is 2. The van der Waals surface area contributed by atoms with Gasteiger partial charge in [0.25, 0.3) is 9.05 Å². The van der Waals surface area contributed by atoms with Gasteiger partial charge >= 0.3 is 0 Å². The molecule has 0 spiro atoms. The molecule has 0 radical (unpaired) electrons. The van der Waals surface area contributed by atoms with Crippen LogP contribution in [0, 0.1) is 11.6 Å². The lowest BCUT2D eigenvalue weighted by Crippen LogP contribution is -2.26. The largest absolute Gasteiger partial charge is 0.485 e. The van der Waals surface area contributed by atoms with Gasteiger partial charge in [-0.2, -0.15) is 0 Å². The molecule has 10 nitrogen and oxygen atoms in total. The van der Waals surface area contributed by atoms with Gasteiger partial charge in [0, 0.05) is 35.5 Å². The predicted molar refractivity (Wildman–Crippen MR) is 242 cm³/mol. The average molecular weight is 927 g/mol. The van der Waals surface area contributed by atoms with E-state index in [4.69, 9.17) is 29.6 Å². The van der Waals surface area contributed by atoms with E-state index in [0.29, 0.717) is 42.6 Å². The van der Waals surface area contributed by atoms with Gasteiger partial charge in [-0.3, -0.25) is 4.98 Å². The Kier molecular flexibility index (Phi) is 16.5. The zero-order valence-corrected chi connectivity index (χ0v) is 37.3. The zero-order chi connectivity index (χ0) is 45.5. The molecule has 6 aromatic carbocycles. The molecule has 0 amide bonds. The summed E-state index contributed by atoms with van der Waals surface area (Å²) in [5, 5.41) is 0. The minimum atomic E-state index is -4.02.